The van der Waals surface area contributed by atoms with Crippen molar-refractivity contribution in [2.75, 3.05) is 18.0 Å². The third-order valence-electron chi connectivity index (χ3n) is 4.47. The fraction of sp³-hybridized carbons (Fsp3) is 0.625. The number of carbonyl (C=O) groups is 1. The maximum atomic E-state index is 12.4. The molecule has 0 bridgehead atoms. The maximum absolute atomic E-state index is 12.4. The Morgan fingerprint density at radius 2 is 2.05 bits per heavy atom. The van der Waals surface area contributed by atoms with Gasteiger partial charge in [-0.25, -0.2) is 4.98 Å². The fourth-order valence-electron chi connectivity index (χ4n) is 3.33. The second-order valence-corrected chi connectivity index (χ2v) is 5.96. The van der Waals surface area contributed by atoms with Crippen molar-refractivity contribution in [2.45, 2.75) is 44.6 Å². The molecule has 1 unspecified atom stereocenters. The van der Waals surface area contributed by atoms with Gasteiger partial charge in [0.05, 0.1) is 5.92 Å². The minimum Gasteiger partial charge on any atom is -0.356 e. The van der Waals surface area contributed by atoms with Gasteiger partial charge in [-0.15, -0.1) is 0 Å². The number of hydrogen-bond acceptors (Lipinski definition) is 3. The molecule has 1 saturated carbocycles. The van der Waals surface area contributed by atoms with Crippen molar-refractivity contribution in [2.24, 2.45) is 5.92 Å². The lowest BCUT2D eigenvalue weighted by atomic mass is 9.96. The molecular weight excluding hydrogens is 250 g/mol. The average molecular weight is 273 g/mol. The Kier molecular flexibility index (Phi) is 4.19. The topological polar surface area (TPSA) is 45.2 Å². The van der Waals surface area contributed by atoms with Gasteiger partial charge < -0.3 is 10.2 Å². The molecule has 1 N–H and O–H groups in total. The van der Waals surface area contributed by atoms with E-state index in [2.05, 4.69) is 15.2 Å². The third-order valence-corrected chi connectivity index (χ3v) is 4.47. The van der Waals surface area contributed by atoms with Gasteiger partial charge in [0.1, 0.15) is 5.82 Å². The largest absolute Gasteiger partial charge is 0.356 e. The van der Waals surface area contributed by atoms with Crippen LogP contribution in [0.2, 0.25) is 0 Å². The molecule has 1 atom stereocenters. The third kappa shape index (κ3) is 3.11. The van der Waals surface area contributed by atoms with Gasteiger partial charge in [0.15, 0.2) is 0 Å². The van der Waals surface area contributed by atoms with Crippen LogP contribution in [0.1, 0.15) is 38.5 Å². The molecular formula is C16H23N3O. The molecule has 20 heavy (non-hydrogen) atoms. The first-order chi connectivity index (χ1) is 9.83. The van der Waals surface area contributed by atoms with Crippen LogP contribution >= 0.6 is 0 Å². The van der Waals surface area contributed by atoms with E-state index in [-0.39, 0.29) is 11.8 Å². The Hall–Kier alpha value is -1.58. The Balaban J connectivity index is 1.58. The minimum atomic E-state index is 0.117. The molecule has 1 saturated heterocycles. The minimum absolute atomic E-state index is 0.117. The summed E-state index contributed by atoms with van der Waals surface area (Å²) >= 11 is 0. The number of rotatable bonds is 3. The van der Waals surface area contributed by atoms with E-state index in [1.807, 2.05) is 24.4 Å². The zero-order chi connectivity index (χ0) is 13.8. The number of pyridine rings is 1. The van der Waals surface area contributed by atoms with Crippen LogP contribution in [0.5, 0.6) is 0 Å². The van der Waals surface area contributed by atoms with Gasteiger partial charge in [0, 0.05) is 25.3 Å². The van der Waals surface area contributed by atoms with Crippen molar-refractivity contribution >= 4 is 11.7 Å². The predicted octanol–water partition coefficient (Wildman–Crippen LogP) is 2.36. The number of nitrogens with zero attached hydrogens (tertiary/aromatic N) is 2. The summed E-state index contributed by atoms with van der Waals surface area (Å²) in [6, 6.07) is 6.38. The summed E-state index contributed by atoms with van der Waals surface area (Å²) in [5, 5.41) is 3.23. The molecule has 4 nitrogen and oxygen atoms in total. The van der Waals surface area contributed by atoms with Crippen molar-refractivity contribution in [3.8, 4) is 0 Å². The van der Waals surface area contributed by atoms with Crippen molar-refractivity contribution in [1.29, 1.82) is 0 Å². The molecule has 2 fully saturated rings. The number of carbonyl (C=O) groups excluding carboxylic acids is 1. The highest BCUT2D eigenvalue weighted by Gasteiger charge is 2.28. The number of amides is 1. The molecule has 4 heteroatoms. The summed E-state index contributed by atoms with van der Waals surface area (Å²) in [6.07, 6.45) is 8.72. The summed E-state index contributed by atoms with van der Waals surface area (Å²) in [7, 11) is 0. The summed E-state index contributed by atoms with van der Waals surface area (Å²) in [6.45, 7) is 1.81. The predicted molar refractivity (Wildman–Crippen MR) is 79.6 cm³/mol. The first kappa shape index (κ1) is 13.4. The zero-order valence-corrected chi connectivity index (χ0v) is 11.9. The highest BCUT2D eigenvalue weighted by Crippen LogP contribution is 2.23. The SMILES string of the molecule is O=C(NC1CCCC1)C1CCCN(c2ccccn2)C1. The monoisotopic (exact) mass is 273 g/mol. The quantitative estimate of drug-likeness (QED) is 0.919. The highest BCUT2D eigenvalue weighted by atomic mass is 16.2. The molecule has 0 radical (unpaired) electrons. The Morgan fingerprint density at radius 1 is 1.20 bits per heavy atom. The summed E-state index contributed by atoms with van der Waals surface area (Å²) < 4.78 is 0. The molecule has 2 aliphatic rings. The highest BCUT2D eigenvalue weighted by molar-refractivity contribution is 5.79. The van der Waals surface area contributed by atoms with E-state index < -0.39 is 0 Å². The summed E-state index contributed by atoms with van der Waals surface area (Å²) in [5.41, 5.74) is 0. The zero-order valence-electron chi connectivity index (χ0n) is 11.9. The summed E-state index contributed by atoms with van der Waals surface area (Å²) in [4.78, 5) is 19.0. The van der Waals surface area contributed by atoms with Gasteiger partial charge in [-0.05, 0) is 37.8 Å². The van der Waals surface area contributed by atoms with Crippen molar-refractivity contribution in [3.05, 3.63) is 24.4 Å². The number of aromatic nitrogens is 1. The van der Waals surface area contributed by atoms with E-state index in [4.69, 9.17) is 0 Å². The van der Waals surface area contributed by atoms with Crippen LogP contribution in [-0.4, -0.2) is 30.0 Å². The molecule has 0 aromatic carbocycles. The molecule has 1 amide bonds. The van der Waals surface area contributed by atoms with Gasteiger partial charge in [-0.1, -0.05) is 18.9 Å². The number of hydrogen-bond donors (Lipinski definition) is 1. The Morgan fingerprint density at radius 3 is 2.80 bits per heavy atom. The van der Waals surface area contributed by atoms with Gasteiger partial charge in [0.25, 0.3) is 0 Å². The lowest BCUT2D eigenvalue weighted by Gasteiger charge is -2.33. The fourth-order valence-corrected chi connectivity index (χ4v) is 3.33. The molecule has 1 aliphatic heterocycles. The normalized spacial score (nSPS) is 23.8. The standard InChI is InChI=1S/C16H23N3O/c20-16(18-14-7-1-2-8-14)13-6-5-11-19(12-13)15-9-3-4-10-17-15/h3-4,9-10,13-14H,1-2,5-8,11-12H2,(H,18,20). The van der Waals surface area contributed by atoms with E-state index in [9.17, 15) is 4.79 Å². The maximum Gasteiger partial charge on any atom is 0.225 e. The average Bonchev–Trinajstić information content (AvgIpc) is 3.01. The molecule has 0 spiro atoms. The number of anilines is 1. The van der Waals surface area contributed by atoms with Crippen LogP contribution in [0, 0.1) is 5.92 Å². The molecule has 3 rings (SSSR count). The first-order valence-electron chi connectivity index (χ1n) is 7.79. The molecule has 1 aliphatic carbocycles. The number of piperidine rings is 1. The van der Waals surface area contributed by atoms with Crippen LogP contribution in [0.4, 0.5) is 5.82 Å². The molecule has 108 valence electrons. The van der Waals surface area contributed by atoms with E-state index in [1.165, 1.54) is 12.8 Å². The van der Waals surface area contributed by atoms with Crippen LogP contribution in [-0.2, 0) is 4.79 Å². The van der Waals surface area contributed by atoms with Crippen molar-refractivity contribution < 1.29 is 4.79 Å². The van der Waals surface area contributed by atoms with E-state index >= 15 is 0 Å². The van der Waals surface area contributed by atoms with E-state index in [1.54, 1.807) is 0 Å². The smallest absolute Gasteiger partial charge is 0.225 e. The van der Waals surface area contributed by atoms with Crippen LogP contribution in [0.3, 0.4) is 0 Å². The van der Waals surface area contributed by atoms with Crippen molar-refractivity contribution in [1.82, 2.24) is 10.3 Å². The van der Waals surface area contributed by atoms with E-state index in [0.29, 0.717) is 6.04 Å². The molecule has 2 heterocycles. The Bertz CT molecular complexity index is 442. The van der Waals surface area contributed by atoms with Crippen LogP contribution < -0.4 is 10.2 Å². The molecule has 1 aromatic rings. The van der Waals surface area contributed by atoms with Gasteiger partial charge in [-0.3, -0.25) is 4.79 Å². The van der Waals surface area contributed by atoms with Gasteiger partial charge in [-0.2, -0.15) is 0 Å². The summed E-state index contributed by atoms with van der Waals surface area (Å²) in [5.74, 6) is 1.36. The molecule has 1 aromatic heterocycles. The van der Waals surface area contributed by atoms with E-state index in [0.717, 1.165) is 44.6 Å². The van der Waals surface area contributed by atoms with Crippen LogP contribution in [0.25, 0.3) is 0 Å². The second-order valence-electron chi connectivity index (χ2n) is 5.96. The van der Waals surface area contributed by atoms with Crippen molar-refractivity contribution in [3.63, 3.8) is 0 Å². The van der Waals surface area contributed by atoms with Gasteiger partial charge >= 0.3 is 0 Å². The lowest BCUT2D eigenvalue weighted by molar-refractivity contribution is -0.125. The Labute approximate surface area is 120 Å². The lowest BCUT2D eigenvalue weighted by Crippen LogP contribution is -2.45. The second kappa shape index (κ2) is 6.25. The number of nitrogens with one attached hydrogen (secondary N) is 1. The first-order valence-corrected chi connectivity index (χ1v) is 7.79. The van der Waals surface area contributed by atoms with Gasteiger partial charge in [0.2, 0.25) is 5.91 Å². The van der Waals surface area contributed by atoms with Crippen LogP contribution in [0.15, 0.2) is 24.4 Å².